The van der Waals surface area contributed by atoms with E-state index in [2.05, 4.69) is 4.72 Å². The number of rotatable bonds is 5. The molecule has 0 radical (unpaired) electrons. The lowest BCUT2D eigenvalue weighted by Gasteiger charge is -2.22. The average molecular weight is 266 g/mol. The second kappa shape index (κ2) is 5.51. The molecule has 0 bridgehead atoms. The van der Waals surface area contributed by atoms with Gasteiger partial charge in [-0.2, -0.15) is 5.26 Å². The predicted molar refractivity (Wildman–Crippen MR) is 70.4 cm³/mol. The third-order valence-corrected chi connectivity index (χ3v) is 4.41. The van der Waals surface area contributed by atoms with Crippen molar-refractivity contribution >= 4 is 10.0 Å². The fourth-order valence-electron chi connectivity index (χ4n) is 1.21. The average Bonchev–Trinajstić information content (AvgIpc) is 2.37. The maximum atomic E-state index is 12.0. The van der Waals surface area contributed by atoms with Crippen LogP contribution < -0.4 is 4.72 Å². The number of nitrogens with zero attached hydrogens (tertiary/aromatic N) is 1. The highest BCUT2D eigenvalue weighted by atomic mass is 32.2. The first-order chi connectivity index (χ1) is 8.30. The molecule has 1 N–H and O–H groups in total. The maximum absolute atomic E-state index is 12.0. The van der Waals surface area contributed by atoms with Crippen LogP contribution in [0.5, 0.6) is 0 Å². The molecule has 0 aliphatic heterocycles. The molecule has 0 unspecified atom stereocenters. The summed E-state index contributed by atoms with van der Waals surface area (Å²) in [7, 11) is -3.49. The Hall–Kier alpha value is -1.38. The van der Waals surface area contributed by atoms with E-state index in [1.807, 2.05) is 26.8 Å². The largest absolute Gasteiger partial charge is 0.240 e. The minimum absolute atomic E-state index is 0.0698. The van der Waals surface area contributed by atoms with Gasteiger partial charge in [0.1, 0.15) is 0 Å². The van der Waals surface area contributed by atoms with Gasteiger partial charge in [0, 0.05) is 6.54 Å². The van der Waals surface area contributed by atoms with Gasteiger partial charge in [-0.25, -0.2) is 13.1 Å². The lowest BCUT2D eigenvalue weighted by atomic mass is 9.91. The number of nitrogens with one attached hydrogen (secondary N) is 1. The predicted octanol–water partition coefficient (Wildman–Crippen LogP) is 2.27. The van der Waals surface area contributed by atoms with Crippen molar-refractivity contribution in [2.75, 3.05) is 6.54 Å². The Balaban J connectivity index is 2.84. The van der Waals surface area contributed by atoms with E-state index in [0.717, 1.165) is 6.42 Å². The lowest BCUT2D eigenvalue weighted by molar-refractivity contribution is 0.350. The van der Waals surface area contributed by atoms with Gasteiger partial charge in [0.2, 0.25) is 10.0 Å². The fraction of sp³-hybridized carbons (Fsp3) is 0.462. The monoisotopic (exact) mass is 266 g/mol. The number of nitriles is 1. The summed E-state index contributed by atoms with van der Waals surface area (Å²) in [5.41, 5.74) is 0.377. The van der Waals surface area contributed by atoms with Crippen LogP contribution >= 0.6 is 0 Å². The normalized spacial score (nSPS) is 12.1. The van der Waals surface area contributed by atoms with Crippen LogP contribution in [0, 0.1) is 16.7 Å². The van der Waals surface area contributed by atoms with Crippen molar-refractivity contribution in [3.8, 4) is 6.07 Å². The minimum Gasteiger partial charge on any atom is -0.211 e. The fourth-order valence-corrected chi connectivity index (χ4v) is 2.45. The van der Waals surface area contributed by atoms with Crippen molar-refractivity contribution in [2.24, 2.45) is 5.41 Å². The SMILES string of the molecule is CCC(C)(C)CNS(=O)(=O)c1ccc(C#N)cc1. The number of hydrogen-bond donors (Lipinski definition) is 1. The van der Waals surface area contributed by atoms with Gasteiger partial charge in [0.15, 0.2) is 0 Å². The molecule has 0 aromatic heterocycles. The molecule has 98 valence electrons. The van der Waals surface area contributed by atoms with Gasteiger partial charge in [-0.05, 0) is 36.1 Å². The molecular weight excluding hydrogens is 248 g/mol. The molecule has 1 rings (SSSR count). The van der Waals surface area contributed by atoms with Gasteiger partial charge >= 0.3 is 0 Å². The molecule has 0 aliphatic carbocycles. The highest BCUT2D eigenvalue weighted by molar-refractivity contribution is 7.89. The molecule has 0 fully saturated rings. The number of sulfonamides is 1. The van der Waals surface area contributed by atoms with E-state index >= 15 is 0 Å². The topological polar surface area (TPSA) is 70.0 Å². The molecule has 1 aromatic rings. The first-order valence-electron chi connectivity index (χ1n) is 5.80. The van der Waals surface area contributed by atoms with Crippen molar-refractivity contribution in [1.82, 2.24) is 4.72 Å². The Morgan fingerprint density at radius 3 is 2.28 bits per heavy atom. The van der Waals surface area contributed by atoms with Gasteiger partial charge < -0.3 is 0 Å². The molecule has 0 aliphatic rings. The first-order valence-corrected chi connectivity index (χ1v) is 7.29. The highest BCUT2D eigenvalue weighted by Gasteiger charge is 2.20. The summed E-state index contributed by atoms with van der Waals surface area (Å²) in [5.74, 6) is 0. The Kier molecular flexibility index (Phi) is 4.49. The molecule has 0 atom stereocenters. The van der Waals surface area contributed by atoms with Crippen LogP contribution in [0.25, 0.3) is 0 Å². The van der Waals surface area contributed by atoms with E-state index in [0.29, 0.717) is 12.1 Å². The Morgan fingerprint density at radius 2 is 1.83 bits per heavy atom. The summed E-state index contributed by atoms with van der Waals surface area (Å²) in [6.45, 7) is 6.43. The smallest absolute Gasteiger partial charge is 0.211 e. The second-order valence-corrected chi connectivity index (χ2v) is 6.75. The summed E-state index contributed by atoms with van der Waals surface area (Å²) < 4.78 is 26.6. The Labute approximate surface area is 109 Å². The molecule has 0 amide bonds. The highest BCUT2D eigenvalue weighted by Crippen LogP contribution is 2.19. The van der Waals surface area contributed by atoms with Gasteiger partial charge in [-0.15, -0.1) is 0 Å². The summed E-state index contributed by atoms with van der Waals surface area (Å²) in [6, 6.07) is 7.84. The third-order valence-electron chi connectivity index (χ3n) is 2.99. The molecule has 18 heavy (non-hydrogen) atoms. The zero-order chi connectivity index (χ0) is 13.8. The zero-order valence-corrected chi connectivity index (χ0v) is 11.7. The van der Waals surface area contributed by atoms with Crippen LogP contribution in [0.1, 0.15) is 32.8 Å². The standard InChI is InChI=1S/C13H18N2O2S/c1-4-13(2,3)10-15-18(16,17)12-7-5-11(9-14)6-8-12/h5-8,15H,4,10H2,1-3H3. The third kappa shape index (κ3) is 3.83. The van der Waals surface area contributed by atoms with E-state index in [-0.39, 0.29) is 10.3 Å². The van der Waals surface area contributed by atoms with E-state index in [1.54, 1.807) is 0 Å². The van der Waals surface area contributed by atoms with Crippen LogP contribution in [0.2, 0.25) is 0 Å². The second-order valence-electron chi connectivity index (χ2n) is 4.98. The van der Waals surface area contributed by atoms with Gasteiger partial charge in [0.05, 0.1) is 16.5 Å². The van der Waals surface area contributed by atoms with Crippen molar-refractivity contribution < 1.29 is 8.42 Å². The molecule has 0 spiro atoms. The van der Waals surface area contributed by atoms with Crippen molar-refractivity contribution in [1.29, 1.82) is 5.26 Å². The minimum atomic E-state index is -3.49. The van der Waals surface area contributed by atoms with Crippen molar-refractivity contribution in [2.45, 2.75) is 32.1 Å². The van der Waals surface area contributed by atoms with Crippen LogP contribution in [-0.4, -0.2) is 15.0 Å². The number of hydrogen-bond acceptors (Lipinski definition) is 3. The molecule has 5 heteroatoms. The summed E-state index contributed by atoms with van der Waals surface area (Å²) in [4.78, 5) is 0.188. The molecule has 0 heterocycles. The summed E-state index contributed by atoms with van der Waals surface area (Å²) >= 11 is 0. The van der Waals surface area contributed by atoms with E-state index < -0.39 is 10.0 Å². The van der Waals surface area contributed by atoms with Gasteiger partial charge in [-0.1, -0.05) is 20.8 Å². The zero-order valence-electron chi connectivity index (χ0n) is 10.9. The lowest BCUT2D eigenvalue weighted by Crippen LogP contribution is -2.33. The van der Waals surface area contributed by atoms with E-state index in [9.17, 15) is 8.42 Å². The molecular formula is C13H18N2O2S. The van der Waals surface area contributed by atoms with Crippen molar-refractivity contribution in [3.63, 3.8) is 0 Å². The Morgan fingerprint density at radius 1 is 1.28 bits per heavy atom. The quantitative estimate of drug-likeness (QED) is 0.888. The number of benzene rings is 1. The van der Waals surface area contributed by atoms with Gasteiger partial charge in [0.25, 0.3) is 0 Å². The summed E-state index contributed by atoms with van der Waals surface area (Å²) in [6.07, 6.45) is 0.892. The molecule has 0 saturated carbocycles. The Bertz CT molecular complexity index is 539. The van der Waals surface area contributed by atoms with Gasteiger partial charge in [-0.3, -0.25) is 0 Å². The maximum Gasteiger partial charge on any atom is 0.240 e. The molecule has 4 nitrogen and oxygen atoms in total. The van der Waals surface area contributed by atoms with Crippen molar-refractivity contribution in [3.05, 3.63) is 29.8 Å². The van der Waals surface area contributed by atoms with Crippen LogP contribution in [-0.2, 0) is 10.0 Å². The van der Waals surface area contributed by atoms with Crippen LogP contribution in [0.4, 0.5) is 0 Å². The summed E-state index contributed by atoms with van der Waals surface area (Å²) in [5, 5.41) is 8.66. The van der Waals surface area contributed by atoms with E-state index in [4.69, 9.17) is 5.26 Å². The molecule has 0 saturated heterocycles. The van der Waals surface area contributed by atoms with E-state index in [1.165, 1.54) is 24.3 Å². The van der Waals surface area contributed by atoms with Crippen LogP contribution in [0.3, 0.4) is 0 Å². The molecule has 1 aromatic carbocycles. The van der Waals surface area contributed by atoms with Crippen LogP contribution in [0.15, 0.2) is 29.2 Å². The first kappa shape index (κ1) is 14.7.